The Hall–Kier alpha value is -2.82. The molecule has 3 aromatic rings. The van der Waals surface area contributed by atoms with Crippen molar-refractivity contribution in [2.24, 2.45) is 0 Å². The Morgan fingerprint density at radius 1 is 0.913 bits per heavy atom. The molecule has 0 N–H and O–H groups in total. The molecule has 0 aliphatic carbocycles. The van der Waals surface area contributed by atoms with Crippen LogP contribution in [0.15, 0.2) is 59.0 Å². The van der Waals surface area contributed by atoms with Gasteiger partial charge in [-0.1, -0.05) is 24.3 Å². The molecule has 1 aromatic heterocycles. The van der Waals surface area contributed by atoms with Gasteiger partial charge in [-0.05, 0) is 31.2 Å². The smallest absolute Gasteiger partial charge is 0.247 e. The highest BCUT2D eigenvalue weighted by Gasteiger charge is 2.08. The van der Waals surface area contributed by atoms with Gasteiger partial charge in [0.15, 0.2) is 0 Å². The summed E-state index contributed by atoms with van der Waals surface area (Å²) in [6.07, 6.45) is 0.554. The van der Waals surface area contributed by atoms with Gasteiger partial charge in [0.25, 0.3) is 0 Å². The number of hydrogen-bond donors (Lipinski definition) is 0. The monoisotopic (exact) mass is 310 g/mol. The molecule has 0 unspecified atom stereocenters. The molecule has 0 atom stereocenters. The minimum Gasteiger partial charge on any atom is -0.494 e. The molecule has 0 aliphatic rings. The van der Waals surface area contributed by atoms with Gasteiger partial charge in [0.2, 0.25) is 11.8 Å². The molecule has 1 heterocycles. The SMILES string of the molecule is CCOc1cccc(OCCc2nnc(-c3ccccc3)o2)c1. The summed E-state index contributed by atoms with van der Waals surface area (Å²) in [5.74, 6) is 2.65. The van der Waals surface area contributed by atoms with Crippen LogP contribution in [0.1, 0.15) is 12.8 Å². The van der Waals surface area contributed by atoms with Crippen LogP contribution in [0.2, 0.25) is 0 Å². The van der Waals surface area contributed by atoms with Crippen LogP contribution in [0.5, 0.6) is 11.5 Å². The first-order valence-electron chi connectivity index (χ1n) is 7.58. The molecule has 0 saturated carbocycles. The van der Waals surface area contributed by atoms with E-state index >= 15 is 0 Å². The van der Waals surface area contributed by atoms with Gasteiger partial charge < -0.3 is 13.9 Å². The summed E-state index contributed by atoms with van der Waals surface area (Å²) in [6.45, 7) is 3.05. The molecule has 5 nitrogen and oxygen atoms in total. The number of hydrogen-bond acceptors (Lipinski definition) is 5. The third-order valence-corrected chi connectivity index (χ3v) is 3.19. The Labute approximate surface area is 134 Å². The average molecular weight is 310 g/mol. The molecule has 0 saturated heterocycles. The fourth-order valence-corrected chi connectivity index (χ4v) is 2.13. The molecule has 0 radical (unpaired) electrons. The lowest BCUT2D eigenvalue weighted by atomic mass is 10.2. The normalized spacial score (nSPS) is 10.5. The Morgan fingerprint density at radius 2 is 1.70 bits per heavy atom. The maximum absolute atomic E-state index is 5.70. The Morgan fingerprint density at radius 3 is 2.48 bits per heavy atom. The van der Waals surface area contributed by atoms with Crippen LogP contribution in [-0.4, -0.2) is 23.4 Å². The van der Waals surface area contributed by atoms with E-state index in [2.05, 4.69) is 10.2 Å². The summed E-state index contributed by atoms with van der Waals surface area (Å²) in [5, 5.41) is 8.11. The quantitative estimate of drug-likeness (QED) is 0.665. The molecular formula is C18H18N2O3. The number of ether oxygens (including phenoxy) is 2. The molecule has 5 heteroatoms. The summed E-state index contributed by atoms with van der Waals surface area (Å²) in [5.41, 5.74) is 0.914. The third kappa shape index (κ3) is 4.10. The Bertz CT molecular complexity index is 741. The molecule has 23 heavy (non-hydrogen) atoms. The van der Waals surface area contributed by atoms with Gasteiger partial charge in [0.1, 0.15) is 11.5 Å². The first-order valence-corrected chi connectivity index (χ1v) is 7.58. The van der Waals surface area contributed by atoms with Crippen LogP contribution in [0, 0.1) is 0 Å². The highest BCUT2D eigenvalue weighted by atomic mass is 16.5. The van der Waals surface area contributed by atoms with E-state index in [9.17, 15) is 0 Å². The minimum atomic E-state index is 0.464. The van der Waals surface area contributed by atoms with Gasteiger partial charge in [0, 0.05) is 11.6 Å². The van der Waals surface area contributed by atoms with Gasteiger partial charge in [-0.15, -0.1) is 10.2 Å². The maximum Gasteiger partial charge on any atom is 0.247 e. The van der Waals surface area contributed by atoms with Crippen molar-refractivity contribution in [3.8, 4) is 23.0 Å². The second kappa shape index (κ2) is 7.45. The maximum atomic E-state index is 5.70. The fourth-order valence-electron chi connectivity index (χ4n) is 2.13. The zero-order valence-electron chi connectivity index (χ0n) is 12.9. The van der Waals surface area contributed by atoms with Crippen molar-refractivity contribution >= 4 is 0 Å². The van der Waals surface area contributed by atoms with Crippen molar-refractivity contribution in [3.63, 3.8) is 0 Å². The number of rotatable bonds is 7. The second-order valence-electron chi connectivity index (χ2n) is 4.87. The van der Waals surface area contributed by atoms with Crippen LogP contribution in [0.3, 0.4) is 0 Å². The first kappa shape index (κ1) is 15.1. The van der Waals surface area contributed by atoms with Crippen LogP contribution >= 0.6 is 0 Å². The van der Waals surface area contributed by atoms with Crippen molar-refractivity contribution in [2.75, 3.05) is 13.2 Å². The lowest BCUT2D eigenvalue weighted by molar-refractivity contribution is 0.301. The van der Waals surface area contributed by atoms with E-state index in [4.69, 9.17) is 13.9 Å². The van der Waals surface area contributed by atoms with E-state index in [1.807, 2.05) is 61.5 Å². The van der Waals surface area contributed by atoms with E-state index in [0.29, 0.717) is 31.4 Å². The van der Waals surface area contributed by atoms with Crippen molar-refractivity contribution < 1.29 is 13.9 Å². The van der Waals surface area contributed by atoms with E-state index in [-0.39, 0.29) is 0 Å². The molecule has 0 fully saturated rings. The van der Waals surface area contributed by atoms with Crippen molar-refractivity contribution in [1.82, 2.24) is 10.2 Å². The average Bonchev–Trinajstić information content (AvgIpc) is 3.05. The zero-order chi connectivity index (χ0) is 15.9. The highest BCUT2D eigenvalue weighted by Crippen LogP contribution is 2.20. The topological polar surface area (TPSA) is 57.4 Å². The summed E-state index contributed by atoms with van der Waals surface area (Å²) in [4.78, 5) is 0. The fraction of sp³-hybridized carbons (Fsp3) is 0.222. The van der Waals surface area contributed by atoms with Crippen LogP contribution < -0.4 is 9.47 Å². The number of nitrogens with zero attached hydrogens (tertiary/aromatic N) is 2. The van der Waals surface area contributed by atoms with Crippen molar-refractivity contribution in [1.29, 1.82) is 0 Å². The summed E-state index contributed by atoms with van der Waals surface area (Å²) in [7, 11) is 0. The highest BCUT2D eigenvalue weighted by molar-refractivity contribution is 5.51. The van der Waals surface area contributed by atoms with E-state index in [0.717, 1.165) is 17.1 Å². The predicted octanol–water partition coefficient (Wildman–Crippen LogP) is 3.76. The third-order valence-electron chi connectivity index (χ3n) is 3.19. The standard InChI is InChI=1S/C18H18N2O3/c1-2-21-15-9-6-10-16(13-15)22-12-11-17-19-20-18(23-17)14-7-4-3-5-8-14/h3-10,13H,2,11-12H2,1H3. The van der Waals surface area contributed by atoms with E-state index in [1.54, 1.807) is 0 Å². The Balaban J connectivity index is 1.55. The zero-order valence-corrected chi connectivity index (χ0v) is 12.9. The largest absolute Gasteiger partial charge is 0.494 e. The summed E-state index contributed by atoms with van der Waals surface area (Å²) in [6, 6.07) is 17.3. The Kier molecular flexibility index (Phi) is 4.88. The van der Waals surface area contributed by atoms with Crippen LogP contribution in [0.4, 0.5) is 0 Å². The van der Waals surface area contributed by atoms with Crippen LogP contribution in [0.25, 0.3) is 11.5 Å². The summed E-state index contributed by atoms with van der Waals surface area (Å²) >= 11 is 0. The van der Waals surface area contributed by atoms with Crippen molar-refractivity contribution in [3.05, 3.63) is 60.5 Å². The van der Waals surface area contributed by atoms with Gasteiger partial charge in [-0.3, -0.25) is 0 Å². The summed E-state index contributed by atoms with van der Waals surface area (Å²) < 4.78 is 16.8. The lowest BCUT2D eigenvalue weighted by Crippen LogP contribution is -2.02. The van der Waals surface area contributed by atoms with Gasteiger partial charge in [-0.2, -0.15) is 0 Å². The molecule has 0 spiro atoms. The first-order chi connectivity index (χ1) is 11.3. The molecule has 118 valence electrons. The molecule has 3 rings (SSSR count). The lowest BCUT2D eigenvalue weighted by Gasteiger charge is -2.07. The van der Waals surface area contributed by atoms with Crippen LogP contribution in [-0.2, 0) is 6.42 Å². The van der Waals surface area contributed by atoms with E-state index < -0.39 is 0 Å². The number of benzene rings is 2. The van der Waals surface area contributed by atoms with Crippen molar-refractivity contribution in [2.45, 2.75) is 13.3 Å². The molecule has 0 amide bonds. The van der Waals surface area contributed by atoms with Gasteiger partial charge in [0.05, 0.1) is 19.6 Å². The van der Waals surface area contributed by atoms with E-state index in [1.165, 1.54) is 0 Å². The predicted molar refractivity (Wildman–Crippen MR) is 86.5 cm³/mol. The van der Waals surface area contributed by atoms with Gasteiger partial charge in [-0.25, -0.2) is 0 Å². The molecular weight excluding hydrogens is 292 g/mol. The van der Waals surface area contributed by atoms with Gasteiger partial charge >= 0.3 is 0 Å². The second-order valence-corrected chi connectivity index (χ2v) is 4.87. The molecule has 0 bridgehead atoms. The molecule has 2 aromatic carbocycles. The minimum absolute atomic E-state index is 0.464. The molecule has 0 aliphatic heterocycles. The number of aromatic nitrogens is 2.